The average Bonchev–Trinajstić information content (AvgIpc) is 3.03. The van der Waals surface area contributed by atoms with Crippen molar-refractivity contribution in [2.45, 2.75) is 77.8 Å². The van der Waals surface area contributed by atoms with Gasteiger partial charge in [0, 0.05) is 50.3 Å². The van der Waals surface area contributed by atoms with Crippen LogP contribution in [0.3, 0.4) is 0 Å². The summed E-state index contributed by atoms with van der Waals surface area (Å²) in [6, 6.07) is 0. The summed E-state index contributed by atoms with van der Waals surface area (Å²) in [5.74, 6) is -2.75. The first-order valence-electron chi connectivity index (χ1n) is 15.9. The molecule has 6 N–H and O–H groups in total. The van der Waals surface area contributed by atoms with Crippen molar-refractivity contribution in [2.75, 3.05) is 27.3 Å². The van der Waals surface area contributed by atoms with Crippen LogP contribution in [-0.4, -0.2) is 81.3 Å². The van der Waals surface area contributed by atoms with E-state index < -0.39 is 59.9 Å². The van der Waals surface area contributed by atoms with Crippen LogP contribution in [0.5, 0.6) is 0 Å². The highest BCUT2D eigenvalue weighted by molar-refractivity contribution is 6.23. The zero-order chi connectivity index (χ0) is 36.0. The van der Waals surface area contributed by atoms with E-state index in [0.29, 0.717) is 25.0 Å². The summed E-state index contributed by atoms with van der Waals surface area (Å²) < 4.78 is 23.0. The molecule has 264 valence electrons. The molecular weight excluding hydrogens is 620 g/mol. The van der Waals surface area contributed by atoms with Crippen molar-refractivity contribution in [3.05, 3.63) is 71.1 Å². The number of carbonyl (C=O) groups is 5. The van der Waals surface area contributed by atoms with E-state index in [0.717, 1.165) is 6.08 Å². The predicted octanol–water partition coefficient (Wildman–Crippen LogP) is 2.83. The van der Waals surface area contributed by atoms with Crippen molar-refractivity contribution in [2.24, 2.45) is 23.3 Å². The first-order chi connectivity index (χ1) is 22.8. The van der Waals surface area contributed by atoms with Gasteiger partial charge in [-0.25, -0.2) is 4.79 Å². The number of ketones is 2. The minimum atomic E-state index is -1.02. The molecule has 0 fully saturated rings. The molecule has 0 aromatic carbocycles. The lowest BCUT2D eigenvalue weighted by Gasteiger charge is -2.32. The van der Waals surface area contributed by atoms with Crippen molar-refractivity contribution in [3.63, 3.8) is 0 Å². The third-order valence-corrected chi connectivity index (χ3v) is 8.03. The van der Waals surface area contributed by atoms with E-state index in [1.165, 1.54) is 20.3 Å². The number of hydrogen-bond donors (Lipinski definition) is 4. The first kappa shape index (κ1) is 39.8. The maximum absolute atomic E-state index is 13.8. The van der Waals surface area contributed by atoms with Crippen LogP contribution < -0.4 is 22.1 Å². The quantitative estimate of drug-likeness (QED) is 0.151. The van der Waals surface area contributed by atoms with E-state index in [4.69, 9.17) is 30.4 Å². The van der Waals surface area contributed by atoms with Gasteiger partial charge in [0.1, 0.15) is 12.2 Å². The van der Waals surface area contributed by atoms with Gasteiger partial charge in [-0.15, -0.1) is 6.58 Å². The van der Waals surface area contributed by atoms with E-state index in [1.54, 1.807) is 38.2 Å². The number of nitrogens with two attached hydrogens (primary N) is 2. The Morgan fingerprint density at radius 2 is 1.83 bits per heavy atom. The van der Waals surface area contributed by atoms with Crippen molar-refractivity contribution >= 4 is 29.5 Å². The SMILES string of the molecule is C=CCNC1=C2C[C@@H](C)C[C@@H](OC)[C@@H](OC(=O)CCCN)[C@H](C)/C=C(\C)[C@@H](OC(N)=O)[C@H](OC)/C=C\C=C(/C)C(=O)NC(=CC1=O)C2=O. The fraction of sp³-hybridized carbons (Fsp3) is 0.514. The van der Waals surface area contributed by atoms with Crippen LogP contribution in [0.4, 0.5) is 4.79 Å². The van der Waals surface area contributed by atoms with E-state index in [-0.39, 0.29) is 47.8 Å². The molecule has 2 bridgehead atoms. The molecule has 13 heteroatoms. The molecule has 13 nitrogen and oxygen atoms in total. The number of allylic oxidation sites excluding steroid dienone is 4. The molecular formula is C35H50N4O9. The van der Waals surface area contributed by atoms with Crippen LogP contribution in [0.2, 0.25) is 0 Å². The van der Waals surface area contributed by atoms with E-state index in [1.807, 2.05) is 13.8 Å². The van der Waals surface area contributed by atoms with Gasteiger partial charge in [0.2, 0.25) is 11.6 Å². The van der Waals surface area contributed by atoms with Gasteiger partial charge >= 0.3 is 12.1 Å². The largest absolute Gasteiger partial charge is 0.459 e. The minimum Gasteiger partial charge on any atom is -0.459 e. The van der Waals surface area contributed by atoms with Crippen LogP contribution >= 0.6 is 0 Å². The van der Waals surface area contributed by atoms with Crippen molar-refractivity contribution < 1.29 is 42.9 Å². The van der Waals surface area contributed by atoms with Crippen LogP contribution in [0.25, 0.3) is 0 Å². The van der Waals surface area contributed by atoms with Crippen molar-refractivity contribution in [1.29, 1.82) is 0 Å². The smallest absolute Gasteiger partial charge is 0.405 e. The number of amides is 2. The molecule has 0 unspecified atom stereocenters. The number of fused-ring (bicyclic) bond motifs is 2. The minimum absolute atomic E-state index is 0.105. The summed E-state index contributed by atoms with van der Waals surface area (Å²) in [6.45, 7) is 11.2. The maximum atomic E-state index is 13.8. The molecule has 1 aliphatic heterocycles. The fourth-order valence-electron chi connectivity index (χ4n) is 5.58. The fourth-order valence-corrected chi connectivity index (χ4v) is 5.58. The molecule has 6 atom stereocenters. The Labute approximate surface area is 282 Å². The molecule has 48 heavy (non-hydrogen) atoms. The summed E-state index contributed by atoms with van der Waals surface area (Å²) in [4.78, 5) is 64.9. The van der Waals surface area contributed by atoms with Crippen LogP contribution in [0.15, 0.2) is 71.1 Å². The summed E-state index contributed by atoms with van der Waals surface area (Å²) >= 11 is 0. The molecule has 0 saturated carbocycles. The van der Waals surface area contributed by atoms with Gasteiger partial charge < -0.3 is 41.0 Å². The highest BCUT2D eigenvalue weighted by Crippen LogP contribution is 2.30. The molecule has 0 aromatic heterocycles. The van der Waals surface area contributed by atoms with E-state index in [9.17, 15) is 24.0 Å². The molecule has 2 rings (SSSR count). The number of methoxy groups -OCH3 is 2. The maximum Gasteiger partial charge on any atom is 0.405 e. The Morgan fingerprint density at radius 1 is 1.12 bits per heavy atom. The second-order valence-corrected chi connectivity index (χ2v) is 12.0. The summed E-state index contributed by atoms with van der Waals surface area (Å²) in [7, 11) is 2.92. The van der Waals surface area contributed by atoms with Gasteiger partial charge in [-0.2, -0.15) is 0 Å². The van der Waals surface area contributed by atoms with E-state index in [2.05, 4.69) is 17.2 Å². The lowest BCUT2D eigenvalue weighted by Crippen LogP contribution is -2.40. The molecule has 2 aliphatic rings. The number of primary amides is 1. The highest BCUT2D eigenvalue weighted by Gasteiger charge is 2.35. The highest BCUT2D eigenvalue weighted by atomic mass is 16.6. The molecule has 2 amide bonds. The lowest BCUT2D eigenvalue weighted by atomic mass is 9.85. The number of hydrogen-bond acceptors (Lipinski definition) is 11. The third-order valence-electron chi connectivity index (χ3n) is 8.03. The van der Waals surface area contributed by atoms with Crippen LogP contribution in [0.1, 0.15) is 53.4 Å². The van der Waals surface area contributed by atoms with Crippen molar-refractivity contribution in [1.82, 2.24) is 10.6 Å². The average molecular weight is 671 g/mol. The molecule has 0 radical (unpaired) electrons. The Hall–Kier alpha value is -4.33. The summed E-state index contributed by atoms with van der Waals surface area (Å²) in [6.07, 6.45) is 5.81. The molecule has 0 saturated heterocycles. The molecule has 1 aliphatic carbocycles. The molecule has 0 aromatic rings. The van der Waals surface area contributed by atoms with Gasteiger partial charge in [-0.1, -0.05) is 44.2 Å². The molecule has 1 heterocycles. The second kappa shape index (κ2) is 19.5. The zero-order valence-corrected chi connectivity index (χ0v) is 28.7. The standard InChI is InChI=1S/C35H50N4O9/c1-8-15-38-30-24-16-20(2)17-28(46-7)33(47-29(41)13-10-14-36)23(5)18-22(4)32(48-35(37)44)27(45-6)12-9-11-21(3)34(43)39-25(31(24)42)19-26(30)40/h8-9,11-12,18-20,23,27-28,32-33,38H,1,10,13-17,36H2,2-7H3,(H2,37,44)(H,39,43)/b12-9-,21-11+,22-18+/t20-,23-,27-,28-,32-,33+/m1/s1. The summed E-state index contributed by atoms with van der Waals surface area (Å²) in [5, 5.41) is 5.55. The van der Waals surface area contributed by atoms with Crippen LogP contribution in [-0.2, 0) is 38.1 Å². The topological polar surface area (TPSA) is 198 Å². The number of ether oxygens (including phenoxy) is 4. The second-order valence-electron chi connectivity index (χ2n) is 12.0. The summed E-state index contributed by atoms with van der Waals surface area (Å²) in [5.41, 5.74) is 12.0. The number of rotatable bonds is 10. The Bertz CT molecular complexity index is 1380. The van der Waals surface area contributed by atoms with Crippen molar-refractivity contribution in [3.8, 4) is 0 Å². The number of Topliss-reactive ketones (excluding diaryl/α,β-unsaturated/α-hetero) is 1. The Kier molecular flexibility index (Phi) is 16.2. The number of esters is 1. The van der Waals surface area contributed by atoms with Gasteiger partial charge in [0.15, 0.2) is 6.10 Å². The number of nitrogens with one attached hydrogen (secondary N) is 2. The zero-order valence-electron chi connectivity index (χ0n) is 28.7. The predicted molar refractivity (Wildman–Crippen MR) is 180 cm³/mol. The monoisotopic (exact) mass is 670 g/mol. The number of carbonyl (C=O) groups excluding carboxylic acids is 5. The van der Waals surface area contributed by atoms with Crippen LogP contribution in [0, 0.1) is 11.8 Å². The normalized spacial score (nSPS) is 29.0. The lowest BCUT2D eigenvalue weighted by molar-refractivity contribution is -0.160. The first-order valence-corrected chi connectivity index (χ1v) is 15.9. The van der Waals surface area contributed by atoms with E-state index >= 15 is 0 Å². The Balaban J connectivity index is 2.73. The Morgan fingerprint density at radius 3 is 2.44 bits per heavy atom. The third kappa shape index (κ3) is 11.4. The van der Waals surface area contributed by atoms with Gasteiger partial charge in [-0.05, 0) is 51.1 Å². The van der Waals surface area contributed by atoms with Gasteiger partial charge in [0.05, 0.1) is 17.5 Å². The molecule has 0 spiro atoms. The van der Waals surface area contributed by atoms with Gasteiger partial charge in [-0.3, -0.25) is 19.2 Å². The van der Waals surface area contributed by atoms with Gasteiger partial charge in [0.25, 0.3) is 5.91 Å².